The Morgan fingerprint density at radius 2 is 2.00 bits per heavy atom. The van der Waals surface area contributed by atoms with Crippen molar-refractivity contribution >= 4 is 11.6 Å². The standard InChI is InChI=1S/C22H36N4O2/c1-19-5-3-6-21(17-19)25-10-12-26(13-11-25)22(23-2)24-9-4-14-28-18-20-7-15-27-16-8-20/h3,5-6,17,20H,4,7-16,18H2,1-2H3,(H,23,24). The van der Waals surface area contributed by atoms with Gasteiger partial charge in [-0.05, 0) is 49.8 Å². The number of hydrogen-bond donors (Lipinski definition) is 1. The van der Waals surface area contributed by atoms with Gasteiger partial charge in [-0.15, -0.1) is 0 Å². The highest BCUT2D eigenvalue weighted by Crippen LogP contribution is 2.18. The highest BCUT2D eigenvalue weighted by Gasteiger charge is 2.19. The molecular formula is C22H36N4O2. The number of nitrogens with one attached hydrogen (secondary N) is 1. The average Bonchev–Trinajstić information content (AvgIpc) is 2.74. The summed E-state index contributed by atoms with van der Waals surface area (Å²) < 4.78 is 11.2. The number of guanidine groups is 1. The molecule has 6 heteroatoms. The zero-order valence-electron chi connectivity index (χ0n) is 17.5. The van der Waals surface area contributed by atoms with Gasteiger partial charge in [0.05, 0.1) is 0 Å². The molecule has 0 bridgehead atoms. The number of anilines is 1. The number of nitrogens with zero attached hydrogens (tertiary/aromatic N) is 3. The van der Waals surface area contributed by atoms with Crippen molar-refractivity contribution < 1.29 is 9.47 Å². The number of hydrogen-bond acceptors (Lipinski definition) is 4. The summed E-state index contributed by atoms with van der Waals surface area (Å²) >= 11 is 0. The molecule has 0 aromatic heterocycles. The number of benzene rings is 1. The van der Waals surface area contributed by atoms with Crippen molar-refractivity contribution in [2.45, 2.75) is 26.2 Å². The van der Waals surface area contributed by atoms with E-state index in [2.05, 4.69) is 51.3 Å². The van der Waals surface area contributed by atoms with Crippen LogP contribution in [0.2, 0.25) is 0 Å². The lowest BCUT2D eigenvalue weighted by atomic mass is 10.0. The zero-order chi connectivity index (χ0) is 19.6. The molecule has 0 radical (unpaired) electrons. The Labute approximate surface area is 169 Å². The van der Waals surface area contributed by atoms with E-state index >= 15 is 0 Å². The van der Waals surface area contributed by atoms with Crippen LogP contribution in [-0.2, 0) is 9.47 Å². The third-order valence-corrected chi connectivity index (χ3v) is 5.60. The fourth-order valence-electron chi connectivity index (χ4n) is 3.87. The van der Waals surface area contributed by atoms with Crippen LogP contribution in [0, 0.1) is 12.8 Å². The van der Waals surface area contributed by atoms with Crippen molar-refractivity contribution in [3.63, 3.8) is 0 Å². The molecule has 0 unspecified atom stereocenters. The van der Waals surface area contributed by atoms with Crippen LogP contribution in [0.5, 0.6) is 0 Å². The zero-order valence-corrected chi connectivity index (χ0v) is 17.5. The van der Waals surface area contributed by atoms with Gasteiger partial charge in [0.2, 0.25) is 0 Å². The number of ether oxygens (including phenoxy) is 2. The van der Waals surface area contributed by atoms with Gasteiger partial charge in [0.15, 0.2) is 5.96 Å². The van der Waals surface area contributed by atoms with Gasteiger partial charge in [-0.2, -0.15) is 0 Å². The average molecular weight is 389 g/mol. The monoisotopic (exact) mass is 388 g/mol. The first-order valence-electron chi connectivity index (χ1n) is 10.7. The van der Waals surface area contributed by atoms with Crippen molar-refractivity contribution in [2.75, 3.05) is 71.1 Å². The molecule has 0 spiro atoms. The van der Waals surface area contributed by atoms with Crippen LogP contribution in [0.15, 0.2) is 29.3 Å². The second-order valence-electron chi connectivity index (χ2n) is 7.77. The van der Waals surface area contributed by atoms with E-state index < -0.39 is 0 Å². The minimum atomic E-state index is 0.680. The van der Waals surface area contributed by atoms with E-state index in [0.29, 0.717) is 5.92 Å². The maximum absolute atomic E-state index is 5.85. The quantitative estimate of drug-likeness (QED) is 0.442. The molecule has 0 amide bonds. The molecule has 0 aliphatic carbocycles. The van der Waals surface area contributed by atoms with Crippen molar-refractivity contribution in [1.82, 2.24) is 10.2 Å². The van der Waals surface area contributed by atoms with Crippen molar-refractivity contribution in [3.8, 4) is 0 Å². The van der Waals surface area contributed by atoms with Crippen molar-refractivity contribution in [3.05, 3.63) is 29.8 Å². The van der Waals surface area contributed by atoms with Crippen molar-refractivity contribution in [2.24, 2.45) is 10.9 Å². The van der Waals surface area contributed by atoms with Gasteiger partial charge in [0.25, 0.3) is 0 Å². The third kappa shape index (κ3) is 6.38. The second kappa shape index (κ2) is 11.3. The molecule has 2 heterocycles. The molecule has 2 aliphatic rings. The Morgan fingerprint density at radius 1 is 1.21 bits per heavy atom. The van der Waals surface area contributed by atoms with Crippen molar-refractivity contribution in [1.29, 1.82) is 0 Å². The van der Waals surface area contributed by atoms with Gasteiger partial charge in [-0.25, -0.2) is 0 Å². The summed E-state index contributed by atoms with van der Waals surface area (Å²) in [5, 5.41) is 3.50. The highest BCUT2D eigenvalue weighted by molar-refractivity contribution is 5.80. The minimum Gasteiger partial charge on any atom is -0.381 e. The summed E-state index contributed by atoms with van der Waals surface area (Å²) in [4.78, 5) is 9.29. The molecule has 1 aromatic rings. The van der Waals surface area contributed by atoms with Crippen LogP contribution in [0.1, 0.15) is 24.8 Å². The molecule has 28 heavy (non-hydrogen) atoms. The molecule has 1 N–H and O–H groups in total. The van der Waals surface area contributed by atoms with E-state index in [1.165, 1.54) is 11.3 Å². The Kier molecular flexibility index (Phi) is 8.42. The van der Waals surface area contributed by atoms with Crippen LogP contribution in [0.3, 0.4) is 0 Å². The van der Waals surface area contributed by atoms with Crippen LogP contribution in [-0.4, -0.2) is 77.1 Å². The normalized spacial score (nSPS) is 19.1. The lowest BCUT2D eigenvalue weighted by Crippen LogP contribution is -2.52. The summed E-state index contributed by atoms with van der Waals surface area (Å²) in [5.41, 5.74) is 2.64. The Balaban J connectivity index is 1.31. The summed E-state index contributed by atoms with van der Waals surface area (Å²) in [6, 6.07) is 8.76. The molecule has 3 rings (SSSR count). The Morgan fingerprint density at radius 3 is 2.71 bits per heavy atom. The SMILES string of the molecule is CN=C(NCCCOCC1CCOCC1)N1CCN(c2cccc(C)c2)CC1. The van der Waals surface area contributed by atoms with Gasteiger partial charge in [-0.3, -0.25) is 4.99 Å². The first-order chi connectivity index (χ1) is 13.8. The molecular weight excluding hydrogens is 352 g/mol. The highest BCUT2D eigenvalue weighted by atomic mass is 16.5. The van der Waals surface area contributed by atoms with E-state index in [1.54, 1.807) is 0 Å². The van der Waals surface area contributed by atoms with Gasteiger partial charge in [0.1, 0.15) is 0 Å². The van der Waals surface area contributed by atoms with E-state index in [9.17, 15) is 0 Å². The Hall–Kier alpha value is -1.79. The summed E-state index contributed by atoms with van der Waals surface area (Å²) in [7, 11) is 1.87. The number of piperazine rings is 1. The van der Waals surface area contributed by atoms with Gasteiger partial charge in [-0.1, -0.05) is 12.1 Å². The molecule has 2 fully saturated rings. The predicted molar refractivity (Wildman–Crippen MR) is 115 cm³/mol. The fourth-order valence-corrected chi connectivity index (χ4v) is 3.87. The minimum absolute atomic E-state index is 0.680. The molecule has 0 saturated carbocycles. The van der Waals surface area contributed by atoms with Gasteiger partial charge >= 0.3 is 0 Å². The maximum Gasteiger partial charge on any atom is 0.193 e. The Bertz CT molecular complexity index is 608. The molecule has 2 saturated heterocycles. The summed E-state index contributed by atoms with van der Waals surface area (Å²) in [6.45, 7) is 10.6. The molecule has 0 atom stereocenters. The van der Waals surface area contributed by atoms with Gasteiger partial charge in [0, 0.05) is 71.9 Å². The van der Waals surface area contributed by atoms with E-state index in [1.807, 2.05) is 7.05 Å². The second-order valence-corrected chi connectivity index (χ2v) is 7.77. The molecule has 2 aliphatic heterocycles. The van der Waals surface area contributed by atoms with E-state index in [4.69, 9.17) is 9.47 Å². The smallest absolute Gasteiger partial charge is 0.193 e. The third-order valence-electron chi connectivity index (χ3n) is 5.60. The largest absolute Gasteiger partial charge is 0.381 e. The first kappa shape index (κ1) is 20.9. The number of rotatable bonds is 7. The van der Waals surface area contributed by atoms with E-state index in [0.717, 1.165) is 84.4 Å². The predicted octanol–water partition coefficient (Wildman–Crippen LogP) is 2.53. The van der Waals surface area contributed by atoms with Crippen LogP contribution in [0.25, 0.3) is 0 Å². The topological polar surface area (TPSA) is 49.3 Å². The maximum atomic E-state index is 5.85. The molecule has 156 valence electrons. The molecule has 1 aromatic carbocycles. The van der Waals surface area contributed by atoms with Gasteiger partial charge < -0.3 is 24.6 Å². The number of aryl methyl sites for hydroxylation is 1. The summed E-state index contributed by atoms with van der Waals surface area (Å²) in [5.74, 6) is 1.69. The lowest BCUT2D eigenvalue weighted by molar-refractivity contribution is 0.0203. The van der Waals surface area contributed by atoms with E-state index in [-0.39, 0.29) is 0 Å². The van der Waals surface area contributed by atoms with Crippen LogP contribution < -0.4 is 10.2 Å². The number of aliphatic imine (C=N–C) groups is 1. The fraction of sp³-hybridized carbons (Fsp3) is 0.682. The lowest BCUT2D eigenvalue weighted by Gasteiger charge is -2.37. The molecule has 6 nitrogen and oxygen atoms in total. The first-order valence-corrected chi connectivity index (χ1v) is 10.7. The van der Waals surface area contributed by atoms with Crippen LogP contribution in [0.4, 0.5) is 5.69 Å². The summed E-state index contributed by atoms with van der Waals surface area (Å²) in [6.07, 6.45) is 3.28. The van der Waals surface area contributed by atoms with Crippen LogP contribution >= 0.6 is 0 Å².